The number of esters is 1. The van der Waals surface area contributed by atoms with Gasteiger partial charge in [-0.2, -0.15) is 0 Å². The monoisotopic (exact) mass is 279 g/mol. The minimum absolute atomic E-state index is 0.177. The molecule has 0 aliphatic carbocycles. The number of hydrogen-bond donors (Lipinski definition) is 2. The minimum Gasteiger partial charge on any atom is -0.462 e. The third-order valence-corrected chi connectivity index (χ3v) is 3.26. The first-order valence-corrected chi connectivity index (χ1v) is 6.99. The van der Waals surface area contributed by atoms with Gasteiger partial charge in [-0.25, -0.2) is 9.78 Å². The van der Waals surface area contributed by atoms with Crippen molar-refractivity contribution in [3.8, 4) is 0 Å². The van der Waals surface area contributed by atoms with E-state index in [1.165, 1.54) is 6.42 Å². The Morgan fingerprint density at radius 1 is 1.60 bits per heavy atom. The molecule has 0 radical (unpaired) electrons. The summed E-state index contributed by atoms with van der Waals surface area (Å²) in [6, 6.07) is 1.57. The Labute approximate surface area is 118 Å². The van der Waals surface area contributed by atoms with Gasteiger partial charge in [0.15, 0.2) is 0 Å². The van der Waals surface area contributed by atoms with Crippen molar-refractivity contribution in [3.05, 3.63) is 17.8 Å². The predicted octanol–water partition coefficient (Wildman–Crippen LogP) is 1.82. The van der Waals surface area contributed by atoms with E-state index in [1.54, 1.807) is 19.2 Å². The first-order chi connectivity index (χ1) is 9.72. The predicted molar refractivity (Wildman–Crippen MR) is 76.7 cm³/mol. The fourth-order valence-electron chi connectivity index (χ4n) is 2.18. The quantitative estimate of drug-likeness (QED) is 0.800. The Kier molecular flexibility index (Phi) is 5.17. The van der Waals surface area contributed by atoms with Crippen molar-refractivity contribution >= 4 is 17.5 Å². The third-order valence-electron chi connectivity index (χ3n) is 3.26. The van der Waals surface area contributed by atoms with Crippen LogP contribution in [0.2, 0.25) is 0 Å². The van der Waals surface area contributed by atoms with Crippen LogP contribution >= 0.6 is 0 Å². The van der Waals surface area contributed by atoms with Crippen LogP contribution in [0.25, 0.3) is 0 Å². The normalized spacial score (nSPS) is 18.6. The Bertz CT molecular complexity index is 459. The first kappa shape index (κ1) is 14.6. The molecule has 1 fully saturated rings. The van der Waals surface area contributed by atoms with Crippen LogP contribution in [0.15, 0.2) is 12.3 Å². The van der Waals surface area contributed by atoms with Crippen molar-refractivity contribution in [2.75, 3.05) is 30.8 Å². The van der Waals surface area contributed by atoms with Gasteiger partial charge in [0.25, 0.3) is 0 Å². The van der Waals surface area contributed by atoms with Crippen LogP contribution in [-0.4, -0.2) is 36.8 Å². The maximum absolute atomic E-state index is 11.7. The van der Waals surface area contributed by atoms with Crippen molar-refractivity contribution in [1.82, 2.24) is 4.98 Å². The highest BCUT2D eigenvalue weighted by atomic mass is 16.5. The highest BCUT2D eigenvalue weighted by Gasteiger charge is 2.17. The van der Waals surface area contributed by atoms with Crippen molar-refractivity contribution in [3.63, 3.8) is 0 Å². The fourth-order valence-corrected chi connectivity index (χ4v) is 2.18. The van der Waals surface area contributed by atoms with Crippen LogP contribution in [0.3, 0.4) is 0 Å². The van der Waals surface area contributed by atoms with Gasteiger partial charge < -0.3 is 20.5 Å². The molecule has 1 aromatic heterocycles. The van der Waals surface area contributed by atoms with Crippen molar-refractivity contribution in [2.24, 2.45) is 0 Å². The Balaban J connectivity index is 2.00. The number of hydrogen-bond acceptors (Lipinski definition) is 6. The summed E-state index contributed by atoms with van der Waals surface area (Å²) in [4.78, 5) is 15.9. The number of pyridine rings is 1. The molecule has 1 saturated heterocycles. The fraction of sp³-hybridized carbons (Fsp3) is 0.571. The second kappa shape index (κ2) is 7.09. The van der Waals surface area contributed by atoms with E-state index in [4.69, 9.17) is 15.2 Å². The Morgan fingerprint density at radius 2 is 2.45 bits per heavy atom. The zero-order chi connectivity index (χ0) is 14.4. The van der Waals surface area contributed by atoms with E-state index < -0.39 is 5.97 Å². The molecule has 0 spiro atoms. The zero-order valence-corrected chi connectivity index (χ0v) is 11.7. The minimum atomic E-state index is -0.427. The topological polar surface area (TPSA) is 86.5 Å². The van der Waals surface area contributed by atoms with Crippen LogP contribution in [0.5, 0.6) is 0 Å². The molecule has 0 aromatic carbocycles. The number of carbonyl (C=O) groups is 1. The SMILES string of the molecule is CCOC(=O)c1ccnc(NCC2CCCCO2)c1N. The van der Waals surface area contributed by atoms with Gasteiger partial charge in [-0.1, -0.05) is 0 Å². The van der Waals surface area contributed by atoms with Crippen LogP contribution in [-0.2, 0) is 9.47 Å². The molecule has 0 saturated carbocycles. The van der Waals surface area contributed by atoms with Gasteiger partial charge in [-0.3, -0.25) is 0 Å². The lowest BCUT2D eigenvalue weighted by molar-refractivity contribution is 0.0247. The average Bonchev–Trinajstić information content (AvgIpc) is 2.47. The lowest BCUT2D eigenvalue weighted by atomic mass is 10.1. The summed E-state index contributed by atoms with van der Waals surface area (Å²) in [6.07, 6.45) is 5.06. The maximum Gasteiger partial charge on any atom is 0.340 e. The summed E-state index contributed by atoms with van der Waals surface area (Å²) < 4.78 is 10.6. The number of nitrogens with two attached hydrogens (primary N) is 1. The van der Waals surface area contributed by atoms with E-state index in [1.807, 2.05) is 0 Å². The average molecular weight is 279 g/mol. The molecule has 1 unspecified atom stereocenters. The highest BCUT2D eigenvalue weighted by Crippen LogP contribution is 2.21. The van der Waals surface area contributed by atoms with Gasteiger partial charge in [-0.05, 0) is 32.3 Å². The van der Waals surface area contributed by atoms with E-state index in [-0.39, 0.29) is 6.10 Å². The van der Waals surface area contributed by atoms with Crippen molar-refractivity contribution in [1.29, 1.82) is 0 Å². The van der Waals surface area contributed by atoms with Gasteiger partial charge in [0.2, 0.25) is 0 Å². The third kappa shape index (κ3) is 3.60. The number of aromatic nitrogens is 1. The smallest absolute Gasteiger partial charge is 0.340 e. The van der Waals surface area contributed by atoms with Gasteiger partial charge in [0, 0.05) is 19.3 Å². The number of nitrogens with one attached hydrogen (secondary N) is 1. The number of anilines is 2. The highest BCUT2D eigenvalue weighted by molar-refractivity contribution is 5.97. The van der Waals surface area contributed by atoms with E-state index in [2.05, 4.69) is 10.3 Å². The molecule has 110 valence electrons. The molecule has 0 amide bonds. The maximum atomic E-state index is 11.7. The van der Waals surface area contributed by atoms with Gasteiger partial charge >= 0.3 is 5.97 Å². The molecular weight excluding hydrogens is 258 g/mol. The second-order valence-electron chi connectivity index (χ2n) is 4.71. The van der Waals surface area contributed by atoms with E-state index >= 15 is 0 Å². The summed E-state index contributed by atoms with van der Waals surface area (Å²) in [5.41, 5.74) is 6.63. The van der Waals surface area contributed by atoms with Crippen molar-refractivity contribution < 1.29 is 14.3 Å². The summed E-state index contributed by atoms with van der Waals surface area (Å²) in [7, 11) is 0. The van der Waals surface area contributed by atoms with E-state index in [0.717, 1.165) is 19.4 Å². The number of ether oxygens (including phenoxy) is 2. The summed E-state index contributed by atoms with van der Waals surface area (Å²) in [5.74, 6) is 0.0779. The molecule has 2 rings (SSSR count). The number of nitrogens with zero attached hydrogens (tertiary/aromatic N) is 1. The standard InChI is InChI=1S/C14H21N3O3/c1-2-19-14(18)11-6-7-16-13(12(11)15)17-9-10-5-3-4-8-20-10/h6-7,10H,2-5,8-9,15H2,1H3,(H,16,17). The zero-order valence-electron chi connectivity index (χ0n) is 11.7. The summed E-state index contributed by atoms with van der Waals surface area (Å²) >= 11 is 0. The molecule has 1 aliphatic heterocycles. The number of rotatable bonds is 5. The molecule has 2 heterocycles. The molecule has 1 aromatic rings. The molecule has 6 heteroatoms. The van der Waals surface area contributed by atoms with Crippen LogP contribution in [0.4, 0.5) is 11.5 Å². The summed E-state index contributed by atoms with van der Waals surface area (Å²) in [6.45, 7) is 3.52. The largest absolute Gasteiger partial charge is 0.462 e. The van der Waals surface area contributed by atoms with Gasteiger partial charge in [-0.15, -0.1) is 0 Å². The molecule has 3 N–H and O–H groups in total. The number of carbonyl (C=O) groups excluding carboxylic acids is 1. The van der Waals surface area contributed by atoms with Gasteiger partial charge in [0.05, 0.1) is 24.0 Å². The van der Waals surface area contributed by atoms with Crippen LogP contribution < -0.4 is 11.1 Å². The Morgan fingerprint density at radius 3 is 3.15 bits per heavy atom. The van der Waals surface area contributed by atoms with E-state index in [0.29, 0.717) is 30.2 Å². The molecule has 6 nitrogen and oxygen atoms in total. The lowest BCUT2D eigenvalue weighted by Crippen LogP contribution is -2.27. The number of nitrogen functional groups attached to an aromatic ring is 1. The molecule has 0 bridgehead atoms. The van der Waals surface area contributed by atoms with Crippen molar-refractivity contribution in [2.45, 2.75) is 32.3 Å². The molecular formula is C14H21N3O3. The molecule has 1 atom stereocenters. The Hall–Kier alpha value is -1.82. The second-order valence-corrected chi connectivity index (χ2v) is 4.71. The first-order valence-electron chi connectivity index (χ1n) is 6.99. The molecule has 20 heavy (non-hydrogen) atoms. The molecule has 1 aliphatic rings. The van der Waals surface area contributed by atoms with E-state index in [9.17, 15) is 4.79 Å². The summed E-state index contributed by atoms with van der Waals surface area (Å²) in [5, 5.41) is 3.15. The van der Waals surface area contributed by atoms with Crippen LogP contribution in [0, 0.1) is 0 Å². The van der Waals surface area contributed by atoms with Gasteiger partial charge in [0.1, 0.15) is 5.82 Å². The lowest BCUT2D eigenvalue weighted by Gasteiger charge is -2.23. The van der Waals surface area contributed by atoms with Crippen LogP contribution in [0.1, 0.15) is 36.5 Å².